The molecule has 0 amide bonds. The first-order valence-electron chi connectivity index (χ1n) is 3.11. The number of rotatable bonds is 1. The van der Waals surface area contributed by atoms with E-state index >= 15 is 0 Å². The Bertz CT molecular complexity index is 263. The summed E-state index contributed by atoms with van der Waals surface area (Å²) in [6.07, 6.45) is 0. The molecule has 0 aliphatic carbocycles. The number of hydrogen-bond donors (Lipinski definition) is 2. The van der Waals surface area contributed by atoms with Crippen LogP contribution in [0.3, 0.4) is 0 Å². The smallest absolute Gasteiger partial charge is 0.0766 e. The van der Waals surface area contributed by atoms with Crippen LogP contribution in [-0.4, -0.2) is 0 Å². The number of halogens is 1. The average Bonchev–Trinajstić information content (AvgIpc) is 1.94. The average molecular weight is 280 g/mol. The first-order chi connectivity index (χ1) is 5.11. The van der Waals surface area contributed by atoms with Gasteiger partial charge in [0.25, 0.3) is 0 Å². The van der Waals surface area contributed by atoms with Crippen molar-refractivity contribution in [2.75, 3.05) is 3.22 Å². The maximum Gasteiger partial charge on any atom is 0.0766 e. The van der Waals surface area contributed by atoms with Gasteiger partial charge in [-0.2, -0.15) is 0 Å². The number of hydrogen-bond acceptors (Lipinski definition) is 3. The van der Waals surface area contributed by atoms with Crippen LogP contribution in [0.2, 0.25) is 0 Å². The summed E-state index contributed by atoms with van der Waals surface area (Å²) in [5.41, 5.74) is 2.12. The molecule has 2 nitrogen and oxygen atoms in total. The Hall–Kier alpha value is 0.0600. The van der Waals surface area contributed by atoms with E-state index in [4.69, 9.17) is 5.84 Å². The molecule has 11 heavy (non-hydrogen) atoms. The van der Waals surface area contributed by atoms with E-state index in [1.807, 2.05) is 48.0 Å². The van der Waals surface area contributed by atoms with Crippen LogP contribution in [0.25, 0.3) is 0 Å². The predicted octanol–water partition coefficient (Wildman–Crippen LogP) is 2.31. The van der Waals surface area contributed by atoms with Crippen molar-refractivity contribution in [1.29, 1.82) is 0 Å². The lowest BCUT2D eigenvalue weighted by atomic mass is 10.2. The zero-order valence-electron chi connectivity index (χ0n) is 6.08. The highest BCUT2D eigenvalue weighted by molar-refractivity contribution is 14.1. The number of anilines is 1. The Morgan fingerprint density at radius 2 is 2.18 bits per heavy atom. The zero-order valence-corrected chi connectivity index (χ0v) is 9.13. The van der Waals surface area contributed by atoms with Gasteiger partial charge in [0.2, 0.25) is 0 Å². The first kappa shape index (κ1) is 9.15. The second kappa shape index (κ2) is 3.64. The summed E-state index contributed by atoms with van der Waals surface area (Å²) < 4.78 is 1.53. The maximum absolute atomic E-state index is 5.55. The van der Waals surface area contributed by atoms with Gasteiger partial charge in [-0.3, -0.25) is 0 Å². The van der Waals surface area contributed by atoms with Crippen molar-refractivity contribution < 1.29 is 0 Å². The number of nitrogens with zero attached hydrogens (tertiary/aromatic N) is 1. The van der Waals surface area contributed by atoms with Crippen LogP contribution in [0, 0.1) is 6.92 Å². The van der Waals surface area contributed by atoms with Gasteiger partial charge in [-0.1, -0.05) is 6.07 Å². The molecule has 0 radical (unpaired) electrons. The molecule has 0 heterocycles. The fourth-order valence-electron chi connectivity index (χ4n) is 0.805. The maximum atomic E-state index is 5.55. The third kappa shape index (κ3) is 2.25. The highest BCUT2D eigenvalue weighted by Gasteiger charge is 2.01. The van der Waals surface area contributed by atoms with E-state index in [0.29, 0.717) is 0 Å². The summed E-state index contributed by atoms with van der Waals surface area (Å²) in [5.74, 6) is 5.55. The summed E-state index contributed by atoms with van der Waals surface area (Å²) >= 11 is 6.27. The highest BCUT2D eigenvalue weighted by Crippen LogP contribution is 2.25. The van der Waals surface area contributed by atoms with Gasteiger partial charge in [0.15, 0.2) is 0 Å². The Balaban J connectivity index is 3.13. The molecule has 1 aromatic carbocycles. The minimum atomic E-state index is 0.896. The molecule has 0 aromatic heterocycles. The lowest BCUT2D eigenvalue weighted by molar-refractivity contribution is 1.20. The van der Waals surface area contributed by atoms with Gasteiger partial charge in [0.05, 0.1) is 28.6 Å². The molecule has 0 aliphatic heterocycles. The number of nitrogens with two attached hydrogens (primary N) is 1. The van der Waals surface area contributed by atoms with Crippen LogP contribution in [0.5, 0.6) is 0 Å². The van der Waals surface area contributed by atoms with Crippen molar-refractivity contribution >= 4 is 41.2 Å². The van der Waals surface area contributed by atoms with Gasteiger partial charge in [-0.15, -0.1) is 12.6 Å². The number of hydrazine groups is 1. The zero-order chi connectivity index (χ0) is 8.43. The van der Waals surface area contributed by atoms with Gasteiger partial charge < -0.3 is 0 Å². The highest BCUT2D eigenvalue weighted by atomic mass is 127. The molecule has 0 aliphatic rings. The quantitative estimate of drug-likeness (QED) is 0.272. The van der Waals surface area contributed by atoms with Gasteiger partial charge in [0.1, 0.15) is 0 Å². The van der Waals surface area contributed by atoms with Crippen LogP contribution in [-0.2, 0) is 0 Å². The molecule has 1 rings (SSSR count). The van der Waals surface area contributed by atoms with Crippen LogP contribution in [0.15, 0.2) is 23.1 Å². The Kier molecular flexibility index (Phi) is 3.03. The van der Waals surface area contributed by atoms with E-state index < -0.39 is 0 Å². The summed E-state index contributed by atoms with van der Waals surface area (Å²) in [6, 6.07) is 5.94. The predicted molar refractivity (Wildman–Crippen MR) is 59.1 cm³/mol. The van der Waals surface area contributed by atoms with E-state index in [-0.39, 0.29) is 0 Å². The van der Waals surface area contributed by atoms with Crippen molar-refractivity contribution in [1.82, 2.24) is 0 Å². The monoisotopic (exact) mass is 280 g/mol. The van der Waals surface area contributed by atoms with Crippen LogP contribution >= 0.6 is 35.5 Å². The topological polar surface area (TPSA) is 29.3 Å². The van der Waals surface area contributed by atoms with Crippen molar-refractivity contribution in [3.05, 3.63) is 23.8 Å². The summed E-state index contributed by atoms with van der Waals surface area (Å²) in [7, 11) is 0. The fraction of sp³-hybridized carbons (Fsp3) is 0.143. The number of aryl methyl sites for hydroxylation is 1. The summed E-state index contributed by atoms with van der Waals surface area (Å²) in [6.45, 7) is 2.02. The molecule has 0 spiro atoms. The van der Waals surface area contributed by atoms with Crippen LogP contribution in [0.4, 0.5) is 5.69 Å². The van der Waals surface area contributed by atoms with Gasteiger partial charge in [-0.25, -0.2) is 9.06 Å². The lowest BCUT2D eigenvalue weighted by Crippen LogP contribution is -2.17. The molecule has 2 N–H and O–H groups in total. The molecule has 0 unspecified atom stereocenters. The van der Waals surface area contributed by atoms with E-state index in [0.717, 1.165) is 10.6 Å². The molecule has 60 valence electrons. The fourth-order valence-corrected chi connectivity index (χ4v) is 1.64. The van der Waals surface area contributed by atoms with Crippen LogP contribution in [0.1, 0.15) is 5.56 Å². The van der Waals surface area contributed by atoms with E-state index in [9.17, 15) is 0 Å². The summed E-state index contributed by atoms with van der Waals surface area (Å²) in [5, 5.41) is 0. The second-order valence-electron chi connectivity index (χ2n) is 2.30. The Labute approximate surface area is 85.6 Å². The number of thiol groups is 1. The number of benzene rings is 1. The first-order valence-corrected chi connectivity index (χ1v) is 4.52. The van der Waals surface area contributed by atoms with E-state index in [2.05, 4.69) is 12.6 Å². The van der Waals surface area contributed by atoms with Gasteiger partial charge in [-0.05, 0) is 24.6 Å². The van der Waals surface area contributed by atoms with Gasteiger partial charge in [0, 0.05) is 4.90 Å². The molecule has 0 bridgehead atoms. The van der Waals surface area contributed by atoms with Gasteiger partial charge >= 0.3 is 0 Å². The van der Waals surface area contributed by atoms with Crippen LogP contribution < -0.4 is 9.06 Å². The standard InChI is InChI=1S/C7H9IN2S/c1-5-2-3-7(11)6(4-5)10(8)9/h2-4,11H,9H2,1H3. The van der Waals surface area contributed by atoms with Crippen molar-refractivity contribution in [2.24, 2.45) is 5.84 Å². The van der Waals surface area contributed by atoms with Crippen molar-refractivity contribution in [3.63, 3.8) is 0 Å². The minimum absolute atomic E-state index is 0.896. The lowest BCUT2D eigenvalue weighted by Gasteiger charge is -2.11. The normalized spacial score (nSPS) is 9.82. The molecule has 0 saturated heterocycles. The SMILES string of the molecule is Cc1ccc(S)c(N(N)I)c1. The molecular formula is C7H9IN2S. The summed E-state index contributed by atoms with van der Waals surface area (Å²) in [4.78, 5) is 0.896. The van der Waals surface area contributed by atoms with E-state index in [1.165, 1.54) is 8.79 Å². The molecule has 0 fully saturated rings. The van der Waals surface area contributed by atoms with Crippen molar-refractivity contribution in [3.8, 4) is 0 Å². The molecule has 0 saturated carbocycles. The van der Waals surface area contributed by atoms with Crippen molar-refractivity contribution in [2.45, 2.75) is 11.8 Å². The Morgan fingerprint density at radius 1 is 1.55 bits per heavy atom. The third-order valence-electron chi connectivity index (χ3n) is 1.36. The minimum Gasteiger partial charge on any atom is -0.250 e. The molecule has 1 aromatic rings. The van der Waals surface area contributed by atoms with E-state index in [1.54, 1.807) is 0 Å². The Morgan fingerprint density at radius 3 is 2.64 bits per heavy atom. The molecule has 4 heteroatoms. The second-order valence-corrected chi connectivity index (χ2v) is 3.82. The molecule has 0 atom stereocenters. The molecular weight excluding hydrogens is 271 g/mol. The third-order valence-corrected chi connectivity index (χ3v) is 2.26. The largest absolute Gasteiger partial charge is 0.250 e.